The standard InChI is InChI=1S/C16H19NO.ClH/c1-14(13-18-16-10-6-3-7-11-16)17-12-15-8-4-2-5-9-15;/h2-11,14,17H,12-13H2,1H3;1H. The first-order chi connectivity index (χ1) is 8.84. The van der Waals surface area contributed by atoms with Crippen molar-refractivity contribution in [2.75, 3.05) is 6.61 Å². The number of hydrogen-bond donors (Lipinski definition) is 1. The molecule has 1 unspecified atom stereocenters. The Morgan fingerprint density at radius 1 is 0.947 bits per heavy atom. The van der Waals surface area contributed by atoms with Gasteiger partial charge in [0.15, 0.2) is 0 Å². The van der Waals surface area contributed by atoms with Gasteiger partial charge in [0.1, 0.15) is 12.4 Å². The van der Waals surface area contributed by atoms with Crippen LogP contribution in [-0.4, -0.2) is 12.6 Å². The molecule has 0 aliphatic rings. The topological polar surface area (TPSA) is 21.3 Å². The fourth-order valence-corrected chi connectivity index (χ4v) is 1.68. The molecule has 0 heterocycles. The Morgan fingerprint density at radius 3 is 2.16 bits per heavy atom. The Labute approximate surface area is 121 Å². The van der Waals surface area contributed by atoms with E-state index in [4.69, 9.17) is 4.74 Å². The molecule has 2 aromatic rings. The predicted molar refractivity (Wildman–Crippen MR) is 81.9 cm³/mol. The molecule has 0 fully saturated rings. The van der Waals surface area contributed by atoms with Gasteiger partial charge in [0, 0.05) is 12.6 Å². The summed E-state index contributed by atoms with van der Waals surface area (Å²) in [5, 5.41) is 3.44. The summed E-state index contributed by atoms with van der Waals surface area (Å²) in [5.41, 5.74) is 1.30. The third kappa shape index (κ3) is 5.77. The van der Waals surface area contributed by atoms with Gasteiger partial charge in [0.25, 0.3) is 0 Å². The molecule has 0 spiro atoms. The first-order valence-corrected chi connectivity index (χ1v) is 6.30. The molecule has 0 aliphatic carbocycles. The molecule has 0 aliphatic heterocycles. The van der Waals surface area contributed by atoms with E-state index < -0.39 is 0 Å². The van der Waals surface area contributed by atoms with Crippen molar-refractivity contribution < 1.29 is 4.74 Å². The number of nitrogens with one attached hydrogen (secondary N) is 1. The van der Waals surface area contributed by atoms with Crippen molar-refractivity contribution in [2.45, 2.75) is 19.5 Å². The number of ether oxygens (including phenoxy) is 1. The largest absolute Gasteiger partial charge is 0.492 e. The first-order valence-electron chi connectivity index (χ1n) is 6.30. The van der Waals surface area contributed by atoms with Crippen LogP contribution in [0.15, 0.2) is 60.7 Å². The average Bonchev–Trinajstić information content (AvgIpc) is 2.45. The van der Waals surface area contributed by atoms with Gasteiger partial charge < -0.3 is 10.1 Å². The van der Waals surface area contributed by atoms with Gasteiger partial charge in [0.2, 0.25) is 0 Å². The zero-order chi connectivity index (χ0) is 12.6. The molecule has 0 bridgehead atoms. The summed E-state index contributed by atoms with van der Waals surface area (Å²) in [6.07, 6.45) is 0. The van der Waals surface area contributed by atoms with Gasteiger partial charge in [-0.1, -0.05) is 48.5 Å². The monoisotopic (exact) mass is 277 g/mol. The highest BCUT2D eigenvalue weighted by Gasteiger charge is 2.02. The van der Waals surface area contributed by atoms with E-state index in [1.807, 2.05) is 36.4 Å². The number of rotatable bonds is 6. The molecule has 0 amide bonds. The molecule has 2 aromatic carbocycles. The van der Waals surface area contributed by atoms with Crippen LogP contribution in [-0.2, 0) is 6.54 Å². The second-order valence-electron chi connectivity index (χ2n) is 4.39. The number of hydrogen-bond acceptors (Lipinski definition) is 2. The lowest BCUT2D eigenvalue weighted by molar-refractivity contribution is 0.272. The lowest BCUT2D eigenvalue weighted by Crippen LogP contribution is -2.31. The summed E-state index contributed by atoms with van der Waals surface area (Å²) in [6.45, 7) is 3.68. The summed E-state index contributed by atoms with van der Waals surface area (Å²) >= 11 is 0. The van der Waals surface area contributed by atoms with Crippen molar-refractivity contribution in [1.82, 2.24) is 5.32 Å². The van der Waals surface area contributed by atoms with Crippen LogP contribution >= 0.6 is 12.4 Å². The Hall–Kier alpha value is -1.51. The molecule has 102 valence electrons. The van der Waals surface area contributed by atoms with Gasteiger partial charge in [-0.2, -0.15) is 0 Å². The highest BCUT2D eigenvalue weighted by molar-refractivity contribution is 5.85. The van der Waals surface area contributed by atoms with Gasteiger partial charge in [-0.05, 0) is 24.6 Å². The minimum atomic E-state index is 0. The van der Waals surface area contributed by atoms with E-state index in [9.17, 15) is 0 Å². The maximum Gasteiger partial charge on any atom is 0.119 e. The molecule has 2 nitrogen and oxygen atoms in total. The normalized spacial score (nSPS) is 11.4. The maximum absolute atomic E-state index is 5.69. The molecular formula is C16H20ClNO. The Kier molecular flexibility index (Phi) is 7.01. The van der Waals surface area contributed by atoms with Crippen molar-refractivity contribution in [2.24, 2.45) is 0 Å². The van der Waals surface area contributed by atoms with Gasteiger partial charge in [-0.25, -0.2) is 0 Å². The van der Waals surface area contributed by atoms with Crippen molar-refractivity contribution in [3.63, 3.8) is 0 Å². The van der Waals surface area contributed by atoms with Crippen molar-refractivity contribution in [3.05, 3.63) is 66.2 Å². The number of halogens is 1. The summed E-state index contributed by atoms with van der Waals surface area (Å²) in [6, 6.07) is 20.6. The van der Waals surface area contributed by atoms with Crippen LogP contribution in [0.5, 0.6) is 5.75 Å². The van der Waals surface area contributed by atoms with E-state index in [0.29, 0.717) is 12.6 Å². The molecule has 0 aromatic heterocycles. The van der Waals surface area contributed by atoms with E-state index in [-0.39, 0.29) is 12.4 Å². The molecule has 3 heteroatoms. The van der Waals surface area contributed by atoms with Crippen LogP contribution in [0.1, 0.15) is 12.5 Å². The summed E-state index contributed by atoms with van der Waals surface area (Å²) in [5.74, 6) is 0.922. The highest BCUT2D eigenvalue weighted by Crippen LogP contribution is 2.08. The van der Waals surface area contributed by atoms with E-state index in [1.54, 1.807) is 0 Å². The second kappa shape index (κ2) is 8.57. The first kappa shape index (κ1) is 15.5. The van der Waals surface area contributed by atoms with Crippen LogP contribution in [0, 0.1) is 0 Å². The van der Waals surface area contributed by atoms with E-state index >= 15 is 0 Å². The molecule has 2 rings (SSSR count). The van der Waals surface area contributed by atoms with Crippen LogP contribution in [0.25, 0.3) is 0 Å². The molecule has 0 saturated carbocycles. The SMILES string of the molecule is CC(COc1ccccc1)NCc1ccccc1.Cl. The van der Waals surface area contributed by atoms with Gasteiger partial charge in [-0.3, -0.25) is 0 Å². The minimum Gasteiger partial charge on any atom is -0.492 e. The number of para-hydroxylation sites is 1. The fourth-order valence-electron chi connectivity index (χ4n) is 1.68. The van der Waals surface area contributed by atoms with E-state index in [0.717, 1.165) is 12.3 Å². The second-order valence-corrected chi connectivity index (χ2v) is 4.39. The quantitative estimate of drug-likeness (QED) is 0.870. The van der Waals surface area contributed by atoms with Crippen molar-refractivity contribution in [3.8, 4) is 5.75 Å². The summed E-state index contributed by atoms with van der Waals surface area (Å²) in [4.78, 5) is 0. The third-order valence-electron chi connectivity index (χ3n) is 2.74. The lowest BCUT2D eigenvalue weighted by atomic mass is 10.2. The van der Waals surface area contributed by atoms with Gasteiger partial charge >= 0.3 is 0 Å². The summed E-state index contributed by atoms with van der Waals surface area (Å²) in [7, 11) is 0. The molecule has 1 N–H and O–H groups in total. The lowest BCUT2D eigenvalue weighted by Gasteiger charge is -2.15. The predicted octanol–water partition coefficient (Wildman–Crippen LogP) is 3.67. The Morgan fingerprint density at radius 2 is 1.53 bits per heavy atom. The zero-order valence-electron chi connectivity index (χ0n) is 11.1. The van der Waals surface area contributed by atoms with Gasteiger partial charge in [0.05, 0.1) is 0 Å². The Bertz CT molecular complexity index is 403. The molecule has 1 atom stereocenters. The van der Waals surface area contributed by atoms with Crippen LogP contribution in [0.3, 0.4) is 0 Å². The number of benzene rings is 2. The minimum absolute atomic E-state index is 0. The highest BCUT2D eigenvalue weighted by atomic mass is 35.5. The van der Waals surface area contributed by atoms with E-state index in [1.165, 1.54) is 5.56 Å². The van der Waals surface area contributed by atoms with Crippen LogP contribution < -0.4 is 10.1 Å². The molecule has 19 heavy (non-hydrogen) atoms. The van der Waals surface area contributed by atoms with Gasteiger partial charge in [-0.15, -0.1) is 12.4 Å². The Balaban J connectivity index is 0.00000180. The smallest absolute Gasteiger partial charge is 0.119 e. The fraction of sp³-hybridized carbons (Fsp3) is 0.250. The van der Waals surface area contributed by atoms with E-state index in [2.05, 4.69) is 36.5 Å². The summed E-state index contributed by atoms with van der Waals surface area (Å²) < 4.78 is 5.69. The maximum atomic E-state index is 5.69. The van der Waals surface area contributed by atoms with Crippen LogP contribution in [0.2, 0.25) is 0 Å². The molecule has 0 radical (unpaired) electrons. The van der Waals surface area contributed by atoms with Crippen molar-refractivity contribution >= 4 is 12.4 Å². The van der Waals surface area contributed by atoms with Crippen LogP contribution in [0.4, 0.5) is 0 Å². The van der Waals surface area contributed by atoms with Crippen molar-refractivity contribution in [1.29, 1.82) is 0 Å². The third-order valence-corrected chi connectivity index (χ3v) is 2.74. The average molecular weight is 278 g/mol. The molecule has 0 saturated heterocycles. The molecular weight excluding hydrogens is 258 g/mol. The zero-order valence-corrected chi connectivity index (χ0v) is 11.9.